The zero-order chi connectivity index (χ0) is 25.1. The van der Waals surface area contributed by atoms with Crippen LogP contribution in [0.2, 0.25) is 0 Å². The highest BCUT2D eigenvalue weighted by Gasteiger charge is 2.64. The summed E-state index contributed by atoms with van der Waals surface area (Å²) in [4.78, 5) is 12.3. The summed E-state index contributed by atoms with van der Waals surface area (Å²) in [5, 5.41) is 0.803. The molecule has 1 aromatic carbocycles. The van der Waals surface area contributed by atoms with Gasteiger partial charge in [-0.05, 0) is 56.2 Å². The molecule has 0 bridgehead atoms. The molecule has 2 N–H and O–H groups in total. The van der Waals surface area contributed by atoms with Crippen molar-refractivity contribution in [1.82, 2.24) is 9.97 Å². The Labute approximate surface area is 193 Å². The third-order valence-electron chi connectivity index (χ3n) is 6.23. The van der Waals surface area contributed by atoms with E-state index in [0.29, 0.717) is 16.8 Å². The highest BCUT2D eigenvalue weighted by molar-refractivity contribution is 7.93. The lowest BCUT2D eigenvalue weighted by atomic mass is 9.88. The predicted octanol–water partition coefficient (Wildman–Crippen LogP) is 3.99. The first-order valence-corrected chi connectivity index (χ1v) is 12.0. The summed E-state index contributed by atoms with van der Waals surface area (Å²) in [6.45, 7) is 4.23. The maximum atomic E-state index is 14.9. The summed E-state index contributed by atoms with van der Waals surface area (Å²) in [5.41, 5.74) is 3.71. The number of alkyl halides is 3. The van der Waals surface area contributed by atoms with Gasteiger partial charge < -0.3 is 5.73 Å². The average Bonchev–Trinajstić information content (AvgIpc) is 2.72. The van der Waals surface area contributed by atoms with Crippen molar-refractivity contribution in [2.24, 2.45) is 10.7 Å². The van der Waals surface area contributed by atoms with Gasteiger partial charge in [0, 0.05) is 29.8 Å². The van der Waals surface area contributed by atoms with Crippen molar-refractivity contribution in [3.05, 3.63) is 70.9 Å². The number of benzene rings is 1. The molecule has 4 rings (SSSR count). The third-order valence-corrected chi connectivity index (χ3v) is 8.80. The Morgan fingerprint density at radius 3 is 2.47 bits per heavy atom. The van der Waals surface area contributed by atoms with E-state index in [1.165, 1.54) is 19.9 Å². The molecule has 2 aromatic heterocycles. The van der Waals surface area contributed by atoms with Crippen LogP contribution in [0.15, 0.2) is 47.7 Å². The molecule has 6 nitrogen and oxygen atoms in total. The summed E-state index contributed by atoms with van der Waals surface area (Å²) >= 11 is 0. The number of amidine groups is 1. The molecule has 0 unspecified atom stereocenters. The van der Waals surface area contributed by atoms with Gasteiger partial charge in [-0.15, -0.1) is 0 Å². The van der Waals surface area contributed by atoms with Gasteiger partial charge in [-0.3, -0.25) is 9.97 Å². The molecule has 3 aromatic rings. The minimum Gasteiger partial charge on any atom is -0.386 e. The van der Waals surface area contributed by atoms with Gasteiger partial charge in [-0.2, -0.15) is 13.2 Å². The Kier molecular flexibility index (Phi) is 5.47. The number of rotatable bonds is 3. The van der Waals surface area contributed by atoms with Crippen LogP contribution in [0.4, 0.5) is 17.6 Å². The van der Waals surface area contributed by atoms with Crippen molar-refractivity contribution < 1.29 is 26.0 Å². The van der Waals surface area contributed by atoms with Crippen LogP contribution in [0.25, 0.3) is 10.9 Å². The summed E-state index contributed by atoms with van der Waals surface area (Å²) in [6, 6.07) is 6.85. The smallest absolute Gasteiger partial charge is 0.386 e. The number of hydrogen-bond acceptors (Lipinski definition) is 6. The molecule has 34 heavy (non-hydrogen) atoms. The van der Waals surface area contributed by atoms with E-state index in [-0.39, 0.29) is 6.42 Å². The second-order valence-electron chi connectivity index (χ2n) is 8.96. The first-order chi connectivity index (χ1) is 15.7. The fraction of sp³-hybridized carbons (Fsp3) is 0.348. The minimum absolute atomic E-state index is 0.0477. The number of nitrogens with zero attached hydrogens (tertiary/aromatic N) is 3. The van der Waals surface area contributed by atoms with Gasteiger partial charge >= 0.3 is 6.18 Å². The Hall–Kier alpha value is -3.08. The minimum atomic E-state index is -5.22. The van der Waals surface area contributed by atoms with Crippen LogP contribution < -0.4 is 5.73 Å². The first-order valence-electron chi connectivity index (χ1n) is 10.3. The van der Waals surface area contributed by atoms with Crippen LogP contribution in [-0.2, 0) is 21.8 Å². The number of sulfone groups is 1. The Balaban J connectivity index is 1.88. The van der Waals surface area contributed by atoms with Gasteiger partial charge in [0.05, 0.1) is 17.0 Å². The molecule has 1 aliphatic heterocycles. The summed E-state index contributed by atoms with van der Waals surface area (Å²) < 4.78 is 82.0. The molecule has 0 amide bonds. The van der Waals surface area contributed by atoms with Crippen LogP contribution in [0.3, 0.4) is 0 Å². The second kappa shape index (κ2) is 7.72. The lowest BCUT2D eigenvalue weighted by molar-refractivity contribution is -0.183. The van der Waals surface area contributed by atoms with Crippen molar-refractivity contribution in [2.75, 3.05) is 5.75 Å². The van der Waals surface area contributed by atoms with Crippen molar-refractivity contribution in [3.63, 3.8) is 0 Å². The molecule has 0 aliphatic carbocycles. The lowest BCUT2D eigenvalue weighted by Gasteiger charge is -2.40. The topological polar surface area (TPSA) is 98.3 Å². The molecule has 1 atom stereocenters. The van der Waals surface area contributed by atoms with Gasteiger partial charge in [0.1, 0.15) is 16.4 Å². The summed E-state index contributed by atoms with van der Waals surface area (Å²) in [5.74, 6) is -3.41. The van der Waals surface area contributed by atoms with Gasteiger partial charge in [-0.1, -0.05) is 6.07 Å². The maximum absolute atomic E-state index is 14.9. The number of aliphatic imine (C=N–C) groups is 1. The molecular formula is C23H22F4N4O2S. The lowest BCUT2D eigenvalue weighted by Crippen LogP contribution is -2.60. The molecule has 1 aliphatic rings. The molecule has 3 heterocycles. The summed E-state index contributed by atoms with van der Waals surface area (Å²) in [6.07, 6.45) is -1.97. The van der Waals surface area contributed by atoms with Gasteiger partial charge in [0.25, 0.3) is 0 Å². The van der Waals surface area contributed by atoms with Crippen molar-refractivity contribution in [1.29, 1.82) is 0 Å². The van der Waals surface area contributed by atoms with Crippen LogP contribution in [-0.4, -0.2) is 40.9 Å². The quantitative estimate of drug-likeness (QED) is 0.556. The van der Waals surface area contributed by atoms with E-state index in [4.69, 9.17) is 5.73 Å². The van der Waals surface area contributed by atoms with E-state index < -0.39 is 49.3 Å². The molecule has 0 fully saturated rings. The average molecular weight is 495 g/mol. The number of fused-ring (bicyclic) bond motifs is 1. The summed E-state index contributed by atoms with van der Waals surface area (Å²) in [7, 11) is -4.44. The first kappa shape index (κ1) is 24.1. The van der Waals surface area contributed by atoms with Gasteiger partial charge in [0.2, 0.25) is 0 Å². The predicted molar refractivity (Wildman–Crippen MR) is 121 cm³/mol. The normalized spacial score (nSPS) is 21.9. The van der Waals surface area contributed by atoms with E-state index >= 15 is 0 Å². The molecule has 0 saturated heterocycles. The van der Waals surface area contributed by atoms with Crippen LogP contribution in [0.5, 0.6) is 0 Å². The molecule has 180 valence electrons. The zero-order valence-corrected chi connectivity index (χ0v) is 19.4. The zero-order valence-electron chi connectivity index (χ0n) is 18.6. The number of aryl methyl sites for hydroxylation is 1. The Morgan fingerprint density at radius 1 is 1.12 bits per heavy atom. The maximum Gasteiger partial charge on any atom is 0.418 e. The number of aromatic nitrogens is 2. The van der Waals surface area contributed by atoms with Gasteiger partial charge in [-0.25, -0.2) is 17.8 Å². The fourth-order valence-electron chi connectivity index (χ4n) is 3.97. The standard InChI is InChI=1S/C23H22F4N4O2S/c1-13-8-15-6-7-29-18(19(15)30-11-13)10-14-4-5-17(24)16(9-14)22(23(25,26)27)12-34(32,33)21(2,3)20(28)31-22/h4-9,11H,10,12H2,1-3H3,(H2,28,31)/t22-/m1/s1. The van der Waals surface area contributed by atoms with Crippen LogP contribution in [0.1, 0.15) is 36.2 Å². The largest absolute Gasteiger partial charge is 0.418 e. The van der Waals surface area contributed by atoms with E-state index in [1.54, 1.807) is 18.5 Å². The van der Waals surface area contributed by atoms with Crippen molar-refractivity contribution >= 4 is 26.6 Å². The van der Waals surface area contributed by atoms with Crippen LogP contribution >= 0.6 is 0 Å². The molecule has 11 heteroatoms. The van der Waals surface area contributed by atoms with E-state index in [9.17, 15) is 26.0 Å². The fourth-order valence-corrected chi connectivity index (χ4v) is 5.63. The molecular weight excluding hydrogens is 472 g/mol. The number of hydrogen-bond donors (Lipinski definition) is 1. The molecule has 0 saturated carbocycles. The molecule has 0 spiro atoms. The SMILES string of the molecule is Cc1cnc2c(Cc3ccc(F)c([C@@]4(C(F)(F)F)CS(=O)(=O)C(C)(C)C(N)=N4)c3)nccc2c1. The highest BCUT2D eigenvalue weighted by atomic mass is 32.2. The van der Waals surface area contributed by atoms with Crippen molar-refractivity contribution in [2.45, 2.75) is 43.7 Å². The number of pyridine rings is 2. The highest BCUT2D eigenvalue weighted by Crippen LogP contribution is 2.48. The number of nitrogens with two attached hydrogens (primary N) is 1. The molecule has 0 radical (unpaired) electrons. The second-order valence-corrected chi connectivity index (χ2v) is 11.5. The van der Waals surface area contributed by atoms with E-state index in [1.807, 2.05) is 13.0 Å². The van der Waals surface area contributed by atoms with E-state index in [0.717, 1.165) is 23.1 Å². The van der Waals surface area contributed by atoms with E-state index in [2.05, 4.69) is 15.0 Å². The number of halogens is 4. The van der Waals surface area contributed by atoms with Gasteiger partial charge in [0.15, 0.2) is 15.4 Å². The Morgan fingerprint density at radius 2 is 1.82 bits per heavy atom. The Bertz CT molecular complexity index is 1430. The van der Waals surface area contributed by atoms with Crippen molar-refractivity contribution in [3.8, 4) is 0 Å². The van der Waals surface area contributed by atoms with Crippen LogP contribution in [0, 0.1) is 12.7 Å². The monoisotopic (exact) mass is 494 g/mol. The third kappa shape index (κ3) is 3.71.